The van der Waals surface area contributed by atoms with Crippen LogP contribution in [0, 0.1) is 12.8 Å². The molecule has 0 aromatic heterocycles. The maximum absolute atomic E-state index is 12.3. The van der Waals surface area contributed by atoms with Crippen LogP contribution in [0.2, 0.25) is 5.02 Å². The molecule has 0 aliphatic carbocycles. The molecule has 1 atom stereocenters. The van der Waals surface area contributed by atoms with Gasteiger partial charge in [0, 0.05) is 13.1 Å². The Balaban J connectivity index is 1.87. The van der Waals surface area contributed by atoms with Gasteiger partial charge in [-0.15, -0.1) is 0 Å². The second kappa shape index (κ2) is 7.81. The van der Waals surface area contributed by atoms with E-state index in [9.17, 15) is 4.79 Å². The summed E-state index contributed by atoms with van der Waals surface area (Å²) in [5.41, 5.74) is 1.52. The zero-order valence-electron chi connectivity index (χ0n) is 13.0. The molecule has 0 spiro atoms. The van der Waals surface area contributed by atoms with Crippen LogP contribution in [0.1, 0.15) is 42.1 Å². The predicted octanol–water partition coefficient (Wildman–Crippen LogP) is 3.50. The fourth-order valence-corrected chi connectivity index (χ4v) is 3.20. The molecule has 21 heavy (non-hydrogen) atoms. The van der Waals surface area contributed by atoms with Gasteiger partial charge in [-0.25, -0.2) is 0 Å². The van der Waals surface area contributed by atoms with Gasteiger partial charge in [-0.2, -0.15) is 0 Å². The number of halogens is 1. The molecule has 1 unspecified atom stereocenters. The van der Waals surface area contributed by atoms with Crippen LogP contribution in [0.25, 0.3) is 0 Å². The number of hydrogen-bond acceptors (Lipinski definition) is 2. The zero-order chi connectivity index (χ0) is 15.2. The number of nitrogens with zero attached hydrogens (tertiary/aromatic N) is 1. The number of carbonyl (C=O) groups is 1. The fraction of sp³-hybridized carbons (Fsp3) is 0.588. The number of amides is 1. The first-order valence-electron chi connectivity index (χ1n) is 7.87. The number of aryl methyl sites for hydroxylation is 1. The van der Waals surface area contributed by atoms with Gasteiger partial charge in [-0.1, -0.05) is 30.7 Å². The lowest BCUT2D eigenvalue weighted by Gasteiger charge is -2.32. The Morgan fingerprint density at radius 3 is 3.05 bits per heavy atom. The van der Waals surface area contributed by atoms with Crippen molar-refractivity contribution < 1.29 is 4.79 Å². The van der Waals surface area contributed by atoms with Crippen molar-refractivity contribution in [3.05, 3.63) is 34.3 Å². The number of piperidine rings is 1. The Morgan fingerprint density at radius 2 is 2.29 bits per heavy atom. The van der Waals surface area contributed by atoms with Crippen LogP contribution in [0.5, 0.6) is 0 Å². The van der Waals surface area contributed by atoms with Gasteiger partial charge in [-0.05, 0) is 56.8 Å². The van der Waals surface area contributed by atoms with E-state index in [0.29, 0.717) is 16.5 Å². The van der Waals surface area contributed by atoms with Crippen molar-refractivity contribution in [3.8, 4) is 0 Å². The molecule has 116 valence electrons. The Kier molecular flexibility index (Phi) is 6.07. The first kappa shape index (κ1) is 16.3. The minimum Gasteiger partial charge on any atom is -0.352 e. The fourth-order valence-electron chi connectivity index (χ4n) is 2.99. The first-order valence-corrected chi connectivity index (χ1v) is 8.25. The summed E-state index contributed by atoms with van der Waals surface area (Å²) in [6, 6.07) is 5.58. The molecule has 1 aliphatic heterocycles. The van der Waals surface area contributed by atoms with Gasteiger partial charge in [0.25, 0.3) is 5.91 Å². The van der Waals surface area contributed by atoms with Crippen molar-refractivity contribution in [1.82, 2.24) is 10.2 Å². The smallest absolute Gasteiger partial charge is 0.252 e. The van der Waals surface area contributed by atoms with E-state index >= 15 is 0 Å². The lowest BCUT2D eigenvalue weighted by Crippen LogP contribution is -2.41. The van der Waals surface area contributed by atoms with Crippen LogP contribution in [0.3, 0.4) is 0 Å². The van der Waals surface area contributed by atoms with Gasteiger partial charge in [0.2, 0.25) is 0 Å². The molecular formula is C17H25ClN2O. The second-order valence-corrected chi connectivity index (χ2v) is 6.33. The van der Waals surface area contributed by atoms with Crippen molar-refractivity contribution in [2.24, 2.45) is 5.92 Å². The van der Waals surface area contributed by atoms with E-state index < -0.39 is 0 Å². The molecular weight excluding hydrogens is 284 g/mol. The summed E-state index contributed by atoms with van der Waals surface area (Å²) >= 11 is 6.20. The summed E-state index contributed by atoms with van der Waals surface area (Å²) in [5.74, 6) is 0.495. The summed E-state index contributed by atoms with van der Waals surface area (Å²) in [5, 5.41) is 3.61. The summed E-state index contributed by atoms with van der Waals surface area (Å²) in [7, 11) is 0. The maximum Gasteiger partial charge on any atom is 0.252 e. The van der Waals surface area contributed by atoms with E-state index in [1.54, 1.807) is 6.07 Å². The molecule has 1 aromatic carbocycles. The molecule has 1 saturated heterocycles. The van der Waals surface area contributed by atoms with Crippen LogP contribution in [-0.2, 0) is 0 Å². The van der Waals surface area contributed by atoms with E-state index in [1.807, 2.05) is 19.1 Å². The van der Waals surface area contributed by atoms with Crippen LogP contribution >= 0.6 is 11.6 Å². The summed E-state index contributed by atoms with van der Waals surface area (Å²) < 4.78 is 0. The lowest BCUT2D eigenvalue weighted by atomic mass is 9.97. The molecule has 4 heteroatoms. The number of likely N-dealkylation sites (tertiary alicyclic amines) is 1. The van der Waals surface area contributed by atoms with Crippen molar-refractivity contribution in [2.75, 3.05) is 26.2 Å². The largest absolute Gasteiger partial charge is 0.352 e. The number of benzene rings is 1. The van der Waals surface area contributed by atoms with Gasteiger partial charge in [-0.3, -0.25) is 4.79 Å². The molecule has 1 N–H and O–H groups in total. The van der Waals surface area contributed by atoms with Crippen molar-refractivity contribution in [3.63, 3.8) is 0 Å². The Morgan fingerprint density at radius 1 is 1.48 bits per heavy atom. The van der Waals surface area contributed by atoms with Gasteiger partial charge in [0.15, 0.2) is 0 Å². The summed E-state index contributed by atoms with van der Waals surface area (Å²) in [4.78, 5) is 14.8. The minimum absolute atomic E-state index is 0.0590. The normalized spacial score (nSPS) is 19.5. The Labute approximate surface area is 132 Å². The van der Waals surface area contributed by atoms with E-state index in [2.05, 4.69) is 17.1 Å². The second-order valence-electron chi connectivity index (χ2n) is 5.96. The SMILES string of the molecule is CCCN1CCCC(CNC(=O)c2cccc(C)c2Cl)C1. The van der Waals surface area contributed by atoms with Crippen LogP contribution in [0.4, 0.5) is 0 Å². The highest BCUT2D eigenvalue weighted by atomic mass is 35.5. The van der Waals surface area contributed by atoms with E-state index in [0.717, 1.165) is 25.2 Å². The third kappa shape index (κ3) is 4.45. The first-order chi connectivity index (χ1) is 10.1. The minimum atomic E-state index is -0.0590. The average Bonchev–Trinajstić information content (AvgIpc) is 2.48. The summed E-state index contributed by atoms with van der Waals surface area (Å²) in [6.45, 7) is 8.32. The maximum atomic E-state index is 12.3. The molecule has 1 aliphatic rings. The molecule has 0 bridgehead atoms. The highest BCUT2D eigenvalue weighted by Crippen LogP contribution is 2.20. The third-order valence-corrected chi connectivity index (χ3v) is 4.63. The standard InChI is InChI=1S/C17H25ClN2O/c1-3-9-20-10-5-7-14(12-20)11-19-17(21)15-8-4-6-13(2)16(15)18/h4,6,8,14H,3,5,7,9-12H2,1-2H3,(H,19,21). The van der Waals surface area contributed by atoms with Gasteiger partial charge < -0.3 is 10.2 Å². The highest BCUT2D eigenvalue weighted by molar-refractivity contribution is 6.34. The molecule has 1 heterocycles. The van der Waals surface area contributed by atoms with Crippen LogP contribution in [-0.4, -0.2) is 37.0 Å². The van der Waals surface area contributed by atoms with Gasteiger partial charge in [0.1, 0.15) is 0 Å². The average molecular weight is 309 g/mol. The molecule has 0 saturated carbocycles. The monoisotopic (exact) mass is 308 g/mol. The highest BCUT2D eigenvalue weighted by Gasteiger charge is 2.20. The Hall–Kier alpha value is -1.06. The molecule has 3 nitrogen and oxygen atoms in total. The molecule has 2 rings (SSSR count). The van der Waals surface area contributed by atoms with Gasteiger partial charge >= 0.3 is 0 Å². The van der Waals surface area contributed by atoms with E-state index in [4.69, 9.17) is 11.6 Å². The summed E-state index contributed by atoms with van der Waals surface area (Å²) in [6.07, 6.45) is 3.62. The number of hydrogen-bond donors (Lipinski definition) is 1. The molecule has 1 aromatic rings. The molecule has 1 amide bonds. The Bertz CT molecular complexity index is 488. The third-order valence-electron chi connectivity index (χ3n) is 4.13. The lowest BCUT2D eigenvalue weighted by molar-refractivity contribution is 0.0932. The van der Waals surface area contributed by atoms with Crippen LogP contribution in [0.15, 0.2) is 18.2 Å². The van der Waals surface area contributed by atoms with Crippen LogP contribution < -0.4 is 5.32 Å². The topological polar surface area (TPSA) is 32.3 Å². The zero-order valence-corrected chi connectivity index (χ0v) is 13.7. The van der Waals surface area contributed by atoms with Crippen molar-refractivity contribution >= 4 is 17.5 Å². The van der Waals surface area contributed by atoms with Crippen molar-refractivity contribution in [2.45, 2.75) is 33.1 Å². The molecule has 1 fully saturated rings. The van der Waals surface area contributed by atoms with Gasteiger partial charge in [0.05, 0.1) is 10.6 Å². The predicted molar refractivity (Wildman–Crippen MR) is 88.0 cm³/mol. The molecule has 0 radical (unpaired) electrons. The number of nitrogens with one attached hydrogen (secondary N) is 1. The quantitative estimate of drug-likeness (QED) is 0.903. The van der Waals surface area contributed by atoms with Crippen molar-refractivity contribution in [1.29, 1.82) is 0 Å². The number of carbonyl (C=O) groups excluding carboxylic acids is 1. The van der Waals surface area contributed by atoms with E-state index in [-0.39, 0.29) is 5.91 Å². The van der Waals surface area contributed by atoms with E-state index in [1.165, 1.54) is 25.8 Å². The number of rotatable bonds is 5.